The zero-order chi connectivity index (χ0) is 14.3. The molecular formula is C13H16FNO4. The number of hydrogen-bond acceptors (Lipinski definition) is 3. The van der Waals surface area contributed by atoms with Gasteiger partial charge in [0.2, 0.25) is 0 Å². The van der Waals surface area contributed by atoms with Gasteiger partial charge >= 0.3 is 5.97 Å². The van der Waals surface area contributed by atoms with Gasteiger partial charge in [-0.1, -0.05) is 19.4 Å². The minimum Gasteiger partial charge on any atom is -0.484 e. The molecule has 2 N–H and O–H groups in total. The lowest BCUT2D eigenvalue weighted by atomic mass is 10.2. The molecule has 0 aliphatic rings. The molecule has 0 saturated carbocycles. The predicted molar refractivity (Wildman–Crippen MR) is 66.4 cm³/mol. The number of carboxylic acid groups (broad SMARTS) is 1. The Morgan fingerprint density at radius 1 is 1.47 bits per heavy atom. The highest BCUT2D eigenvalue weighted by molar-refractivity contribution is 5.84. The van der Waals surface area contributed by atoms with Crippen molar-refractivity contribution in [2.75, 3.05) is 6.61 Å². The van der Waals surface area contributed by atoms with Crippen LogP contribution < -0.4 is 10.1 Å². The van der Waals surface area contributed by atoms with E-state index in [1.807, 2.05) is 6.92 Å². The van der Waals surface area contributed by atoms with Crippen LogP contribution in [0.3, 0.4) is 0 Å². The summed E-state index contributed by atoms with van der Waals surface area (Å²) in [7, 11) is 0. The molecule has 0 bridgehead atoms. The first-order chi connectivity index (χ1) is 9.02. The summed E-state index contributed by atoms with van der Waals surface area (Å²) in [6, 6.07) is 4.45. The summed E-state index contributed by atoms with van der Waals surface area (Å²) >= 11 is 0. The summed E-state index contributed by atoms with van der Waals surface area (Å²) in [6.07, 6.45) is 0.989. The summed E-state index contributed by atoms with van der Waals surface area (Å²) in [4.78, 5) is 22.3. The van der Waals surface area contributed by atoms with E-state index in [1.54, 1.807) is 0 Å². The first kappa shape index (κ1) is 14.9. The molecule has 0 spiro atoms. The highest BCUT2D eigenvalue weighted by Crippen LogP contribution is 2.11. The lowest BCUT2D eigenvalue weighted by molar-refractivity contribution is -0.142. The first-order valence-corrected chi connectivity index (χ1v) is 5.93. The van der Waals surface area contributed by atoms with Gasteiger partial charge in [0.25, 0.3) is 5.91 Å². The van der Waals surface area contributed by atoms with Gasteiger partial charge in [0, 0.05) is 6.07 Å². The van der Waals surface area contributed by atoms with E-state index >= 15 is 0 Å². The standard InChI is InChI=1S/C13H16FNO4/c1-2-4-11(13(17)18)15-12(16)8-19-10-6-3-5-9(14)7-10/h3,5-7,11H,2,4,8H2,1H3,(H,15,16)(H,17,18). The normalized spacial score (nSPS) is 11.7. The van der Waals surface area contributed by atoms with Gasteiger partial charge in [0.05, 0.1) is 0 Å². The van der Waals surface area contributed by atoms with Crippen molar-refractivity contribution in [2.24, 2.45) is 0 Å². The van der Waals surface area contributed by atoms with Crippen molar-refractivity contribution in [2.45, 2.75) is 25.8 Å². The molecule has 104 valence electrons. The Bertz CT molecular complexity index is 450. The quantitative estimate of drug-likeness (QED) is 0.788. The summed E-state index contributed by atoms with van der Waals surface area (Å²) in [5, 5.41) is 11.2. The summed E-state index contributed by atoms with van der Waals surface area (Å²) in [6.45, 7) is 1.47. The number of nitrogens with one attached hydrogen (secondary N) is 1. The maximum Gasteiger partial charge on any atom is 0.326 e. The van der Waals surface area contributed by atoms with Crippen LogP contribution >= 0.6 is 0 Å². The second-order valence-electron chi connectivity index (χ2n) is 3.99. The van der Waals surface area contributed by atoms with Gasteiger partial charge in [-0.2, -0.15) is 0 Å². The van der Waals surface area contributed by atoms with Gasteiger partial charge in [-0.3, -0.25) is 4.79 Å². The minimum absolute atomic E-state index is 0.220. The molecule has 19 heavy (non-hydrogen) atoms. The molecule has 1 rings (SSSR count). The fraction of sp³-hybridized carbons (Fsp3) is 0.385. The van der Waals surface area contributed by atoms with Crippen LogP contribution in [0.2, 0.25) is 0 Å². The highest BCUT2D eigenvalue weighted by Gasteiger charge is 2.18. The van der Waals surface area contributed by atoms with Crippen molar-refractivity contribution in [3.05, 3.63) is 30.1 Å². The third kappa shape index (κ3) is 5.37. The van der Waals surface area contributed by atoms with E-state index in [2.05, 4.69) is 5.32 Å². The number of rotatable bonds is 7. The van der Waals surface area contributed by atoms with E-state index in [0.717, 1.165) is 6.07 Å². The first-order valence-electron chi connectivity index (χ1n) is 5.93. The number of benzene rings is 1. The summed E-state index contributed by atoms with van der Waals surface area (Å²) in [5.74, 6) is -1.88. The zero-order valence-corrected chi connectivity index (χ0v) is 10.6. The number of halogens is 1. The molecule has 0 aromatic heterocycles. The maximum atomic E-state index is 12.8. The van der Waals surface area contributed by atoms with E-state index in [1.165, 1.54) is 18.2 Å². The lowest BCUT2D eigenvalue weighted by Gasteiger charge is -2.13. The second kappa shape index (κ2) is 7.35. The molecule has 1 atom stereocenters. The van der Waals surface area contributed by atoms with Crippen molar-refractivity contribution >= 4 is 11.9 Å². The van der Waals surface area contributed by atoms with E-state index in [0.29, 0.717) is 12.8 Å². The molecule has 1 aromatic carbocycles. The molecule has 0 radical (unpaired) electrons. The zero-order valence-electron chi connectivity index (χ0n) is 10.6. The van der Waals surface area contributed by atoms with Crippen LogP contribution in [0, 0.1) is 5.82 Å². The highest BCUT2D eigenvalue weighted by atomic mass is 19.1. The van der Waals surface area contributed by atoms with Gasteiger partial charge in [-0.25, -0.2) is 9.18 Å². The maximum absolute atomic E-state index is 12.8. The van der Waals surface area contributed by atoms with Gasteiger partial charge < -0.3 is 15.2 Å². The number of ether oxygens (including phenoxy) is 1. The van der Waals surface area contributed by atoms with Gasteiger partial charge in [-0.05, 0) is 18.6 Å². The summed E-state index contributed by atoms with van der Waals surface area (Å²) in [5.41, 5.74) is 0. The largest absolute Gasteiger partial charge is 0.484 e. The monoisotopic (exact) mass is 269 g/mol. The number of carbonyl (C=O) groups is 2. The third-order valence-corrected chi connectivity index (χ3v) is 2.38. The fourth-order valence-corrected chi connectivity index (χ4v) is 1.49. The van der Waals surface area contributed by atoms with E-state index in [4.69, 9.17) is 9.84 Å². The Morgan fingerprint density at radius 3 is 2.79 bits per heavy atom. The third-order valence-electron chi connectivity index (χ3n) is 2.38. The van der Waals surface area contributed by atoms with Crippen LogP contribution in [-0.2, 0) is 9.59 Å². The minimum atomic E-state index is -1.08. The van der Waals surface area contributed by atoms with Crippen LogP contribution in [0.5, 0.6) is 5.75 Å². The average Bonchev–Trinajstić information content (AvgIpc) is 2.36. The molecule has 1 unspecified atom stereocenters. The van der Waals surface area contributed by atoms with Crippen molar-refractivity contribution in [1.29, 1.82) is 0 Å². The molecule has 0 aliphatic carbocycles. The van der Waals surface area contributed by atoms with Crippen LogP contribution in [-0.4, -0.2) is 29.6 Å². The SMILES string of the molecule is CCCC(NC(=O)COc1cccc(F)c1)C(=O)O. The average molecular weight is 269 g/mol. The predicted octanol–water partition coefficient (Wildman–Crippen LogP) is 1.57. The van der Waals surface area contributed by atoms with Gasteiger partial charge in [0.15, 0.2) is 6.61 Å². The van der Waals surface area contributed by atoms with Crippen LogP contribution in [0.4, 0.5) is 4.39 Å². The fourth-order valence-electron chi connectivity index (χ4n) is 1.49. The lowest BCUT2D eigenvalue weighted by Crippen LogP contribution is -2.42. The Morgan fingerprint density at radius 2 is 2.21 bits per heavy atom. The van der Waals surface area contributed by atoms with Gasteiger partial charge in [0.1, 0.15) is 17.6 Å². The molecule has 0 heterocycles. The van der Waals surface area contributed by atoms with Gasteiger partial charge in [-0.15, -0.1) is 0 Å². The van der Waals surface area contributed by atoms with Crippen molar-refractivity contribution in [1.82, 2.24) is 5.32 Å². The van der Waals surface area contributed by atoms with Crippen molar-refractivity contribution in [3.63, 3.8) is 0 Å². The van der Waals surface area contributed by atoms with Crippen molar-refractivity contribution in [3.8, 4) is 5.75 Å². The molecule has 1 amide bonds. The Kier molecular flexibility index (Phi) is 5.78. The molecular weight excluding hydrogens is 253 g/mol. The molecule has 0 aliphatic heterocycles. The molecule has 6 heteroatoms. The summed E-state index contributed by atoms with van der Waals surface area (Å²) < 4.78 is 17.9. The number of hydrogen-bond donors (Lipinski definition) is 2. The number of carboxylic acids is 1. The molecule has 5 nitrogen and oxygen atoms in total. The second-order valence-corrected chi connectivity index (χ2v) is 3.99. The Balaban J connectivity index is 2.44. The Hall–Kier alpha value is -2.11. The smallest absolute Gasteiger partial charge is 0.326 e. The topological polar surface area (TPSA) is 75.6 Å². The molecule has 0 fully saturated rings. The van der Waals surface area contributed by atoms with Crippen molar-refractivity contribution < 1.29 is 23.8 Å². The van der Waals surface area contributed by atoms with Crippen LogP contribution in [0.25, 0.3) is 0 Å². The van der Waals surface area contributed by atoms with E-state index < -0.39 is 23.7 Å². The number of amides is 1. The van der Waals surface area contributed by atoms with E-state index in [-0.39, 0.29) is 12.4 Å². The Labute approximate surface area is 110 Å². The number of carbonyl (C=O) groups excluding carboxylic acids is 1. The van der Waals surface area contributed by atoms with Crippen LogP contribution in [0.1, 0.15) is 19.8 Å². The molecule has 1 aromatic rings. The number of aliphatic carboxylic acids is 1. The van der Waals surface area contributed by atoms with Crippen LogP contribution in [0.15, 0.2) is 24.3 Å². The molecule has 0 saturated heterocycles. The van der Waals surface area contributed by atoms with E-state index in [9.17, 15) is 14.0 Å².